The Morgan fingerprint density at radius 1 is 0.914 bits per heavy atom. The van der Waals surface area contributed by atoms with Gasteiger partial charge < -0.3 is 10.2 Å². The van der Waals surface area contributed by atoms with Crippen molar-refractivity contribution in [1.29, 1.82) is 0 Å². The van der Waals surface area contributed by atoms with Crippen LogP contribution in [0.3, 0.4) is 0 Å². The van der Waals surface area contributed by atoms with Crippen LogP contribution in [0.2, 0.25) is 5.02 Å². The van der Waals surface area contributed by atoms with E-state index in [0.29, 0.717) is 35.1 Å². The first-order chi connectivity index (χ1) is 16.8. The Morgan fingerprint density at radius 3 is 2.34 bits per heavy atom. The first-order valence-corrected chi connectivity index (χ1v) is 11.9. The van der Waals surface area contributed by atoms with E-state index >= 15 is 0 Å². The number of aryl methyl sites for hydroxylation is 1. The smallest absolute Gasteiger partial charge is 0.283 e. The molecule has 5 rings (SSSR count). The summed E-state index contributed by atoms with van der Waals surface area (Å²) in [7, 11) is 0. The fourth-order valence-electron chi connectivity index (χ4n) is 4.26. The highest BCUT2D eigenvalue weighted by molar-refractivity contribution is 6.53. The van der Waals surface area contributed by atoms with Crippen molar-refractivity contribution in [2.75, 3.05) is 16.8 Å². The normalized spacial score (nSPS) is 15.5. The maximum Gasteiger partial charge on any atom is 0.283 e. The second-order valence-electron chi connectivity index (χ2n) is 8.52. The number of halogens is 2. The van der Waals surface area contributed by atoms with Crippen LogP contribution < -0.4 is 10.2 Å². The van der Waals surface area contributed by atoms with E-state index in [-0.39, 0.29) is 16.6 Å². The van der Waals surface area contributed by atoms with E-state index in [1.165, 1.54) is 5.56 Å². The van der Waals surface area contributed by atoms with Crippen LogP contribution in [0.4, 0.5) is 11.4 Å². The molecule has 0 fully saturated rings. The molecule has 0 bridgehead atoms. The van der Waals surface area contributed by atoms with Gasteiger partial charge in [0.25, 0.3) is 17.7 Å². The van der Waals surface area contributed by atoms with Crippen molar-refractivity contribution in [1.82, 2.24) is 4.90 Å². The molecule has 3 aromatic rings. The van der Waals surface area contributed by atoms with Crippen molar-refractivity contribution in [2.24, 2.45) is 0 Å². The van der Waals surface area contributed by atoms with Crippen LogP contribution in [0.1, 0.15) is 27.0 Å². The minimum Gasteiger partial charge on any atom is -0.350 e. The van der Waals surface area contributed by atoms with Crippen molar-refractivity contribution in [3.63, 3.8) is 0 Å². The fraction of sp³-hybridized carbons (Fsp3) is 0.148. The van der Waals surface area contributed by atoms with Crippen molar-refractivity contribution >= 4 is 52.3 Å². The molecule has 0 radical (unpaired) electrons. The lowest BCUT2D eigenvalue weighted by Gasteiger charge is -2.29. The lowest BCUT2D eigenvalue weighted by molar-refractivity contribution is -0.120. The van der Waals surface area contributed by atoms with Gasteiger partial charge in [0.1, 0.15) is 10.7 Å². The van der Waals surface area contributed by atoms with E-state index in [9.17, 15) is 14.4 Å². The maximum absolute atomic E-state index is 13.0. The molecule has 2 aliphatic rings. The molecular weight excluding hydrogens is 485 g/mol. The summed E-state index contributed by atoms with van der Waals surface area (Å²) in [5, 5.41) is 3.17. The molecule has 0 unspecified atom stereocenters. The summed E-state index contributed by atoms with van der Waals surface area (Å²) in [6.07, 6.45) is 0.826. The number of fused-ring (bicyclic) bond motifs is 1. The van der Waals surface area contributed by atoms with Gasteiger partial charge in [-0.25, -0.2) is 4.90 Å². The van der Waals surface area contributed by atoms with Crippen LogP contribution in [-0.2, 0) is 22.6 Å². The fourth-order valence-corrected chi connectivity index (χ4v) is 4.65. The molecular formula is C27H21Cl2N3O3. The second-order valence-corrected chi connectivity index (χ2v) is 9.30. The molecule has 35 heavy (non-hydrogen) atoms. The number of anilines is 2. The van der Waals surface area contributed by atoms with Gasteiger partial charge >= 0.3 is 0 Å². The molecule has 0 saturated heterocycles. The van der Waals surface area contributed by atoms with Crippen LogP contribution >= 0.6 is 23.2 Å². The molecule has 0 aromatic heterocycles. The third-order valence-corrected chi connectivity index (χ3v) is 7.02. The zero-order valence-electron chi connectivity index (χ0n) is 18.8. The maximum atomic E-state index is 13.0. The van der Waals surface area contributed by atoms with Gasteiger partial charge in [-0.05, 0) is 66.4 Å². The number of amides is 3. The molecule has 2 heterocycles. The summed E-state index contributed by atoms with van der Waals surface area (Å²) >= 11 is 12.4. The SMILES string of the molecule is Cc1ccc(N2C(=O)C(Cl)=C(Nc3ccc(C(=O)N4CCc5ccccc5C4)cc3)C2=O)cc1Cl. The van der Waals surface area contributed by atoms with Gasteiger partial charge in [0.15, 0.2) is 0 Å². The Balaban J connectivity index is 1.30. The Morgan fingerprint density at radius 2 is 1.63 bits per heavy atom. The molecule has 0 saturated carbocycles. The number of imide groups is 1. The van der Waals surface area contributed by atoms with Crippen LogP contribution in [0.5, 0.6) is 0 Å². The van der Waals surface area contributed by atoms with E-state index in [1.807, 2.05) is 30.0 Å². The van der Waals surface area contributed by atoms with Gasteiger partial charge in [-0.15, -0.1) is 0 Å². The van der Waals surface area contributed by atoms with Crippen molar-refractivity contribution in [3.05, 3.63) is 105 Å². The molecule has 176 valence electrons. The second kappa shape index (κ2) is 9.21. The third kappa shape index (κ3) is 4.31. The van der Waals surface area contributed by atoms with E-state index in [1.54, 1.807) is 42.5 Å². The standard InChI is InChI=1S/C27H21Cl2N3O3/c1-16-6-11-21(14-22(16)28)32-26(34)23(29)24(27(32)35)30-20-9-7-18(8-10-20)25(33)31-13-12-17-4-2-3-5-19(17)15-31/h2-11,14,30H,12-13,15H2,1H3. The zero-order valence-corrected chi connectivity index (χ0v) is 20.4. The summed E-state index contributed by atoms with van der Waals surface area (Å²) < 4.78 is 0. The first-order valence-electron chi connectivity index (χ1n) is 11.1. The molecule has 3 amide bonds. The van der Waals surface area contributed by atoms with E-state index in [4.69, 9.17) is 23.2 Å². The molecule has 2 aliphatic heterocycles. The predicted molar refractivity (Wildman–Crippen MR) is 137 cm³/mol. The van der Waals surface area contributed by atoms with Crippen LogP contribution in [-0.4, -0.2) is 29.2 Å². The summed E-state index contributed by atoms with van der Waals surface area (Å²) in [6.45, 7) is 3.07. The van der Waals surface area contributed by atoms with Gasteiger partial charge in [0, 0.05) is 29.4 Å². The highest BCUT2D eigenvalue weighted by atomic mass is 35.5. The van der Waals surface area contributed by atoms with Crippen molar-refractivity contribution < 1.29 is 14.4 Å². The average Bonchev–Trinajstić information content (AvgIpc) is 3.08. The predicted octanol–water partition coefficient (Wildman–Crippen LogP) is 5.28. The van der Waals surface area contributed by atoms with Gasteiger partial charge in [0.05, 0.1) is 5.69 Å². The topological polar surface area (TPSA) is 69.7 Å². The number of carbonyl (C=O) groups excluding carboxylic acids is 3. The molecule has 3 aromatic carbocycles. The number of hydrogen-bond acceptors (Lipinski definition) is 4. The number of benzene rings is 3. The Kier molecular flexibility index (Phi) is 6.09. The quantitative estimate of drug-likeness (QED) is 0.489. The van der Waals surface area contributed by atoms with Crippen LogP contribution in [0.25, 0.3) is 0 Å². The summed E-state index contributed by atoms with van der Waals surface area (Å²) in [5.41, 5.74) is 4.66. The molecule has 0 spiro atoms. The number of nitrogens with zero attached hydrogens (tertiary/aromatic N) is 2. The van der Waals surface area contributed by atoms with Gasteiger partial charge in [0.2, 0.25) is 0 Å². The molecule has 6 nitrogen and oxygen atoms in total. The summed E-state index contributed by atoms with van der Waals surface area (Å²) in [4.78, 5) is 41.5. The largest absolute Gasteiger partial charge is 0.350 e. The highest BCUT2D eigenvalue weighted by Gasteiger charge is 2.39. The lowest BCUT2D eigenvalue weighted by Crippen LogP contribution is -2.35. The number of nitrogens with one attached hydrogen (secondary N) is 1. The molecule has 0 atom stereocenters. The summed E-state index contributed by atoms with van der Waals surface area (Å²) in [5.74, 6) is -1.26. The highest BCUT2D eigenvalue weighted by Crippen LogP contribution is 2.32. The Labute approximate surface area is 212 Å². The molecule has 8 heteroatoms. The van der Waals surface area contributed by atoms with E-state index < -0.39 is 11.8 Å². The molecule has 0 aliphatic carbocycles. The van der Waals surface area contributed by atoms with Gasteiger partial charge in [-0.3, -0.25) is 14.4 Å². The van der Waals surface area contributed by atoms with E-state index in [2.05, 4.69) is 11.4 Å². The Hall–Kier alpha value is -3.61. The monoisotopic (exact) mass is 505 g/mol. The first kappa shape index (κ1) is 23.1. The number of rotatable bonds is 4. The lowest BCUT2D eigenvalue weighted by atomic mass is 9.99. The number of carbonyl (C=O) groups is 3. The van der Waals surface area contributed by atoms with Gasteiger partial charge in [-0.2, -0.15) is 0 Å². The minimum atomic E-state index is -0.628. The summed E-state index contributed by atoms with van der Waals surface area (Å²) in [6, 6.07) is 19.8. The minimum absolute atomic E-state index is 0.0277. The van der Waals surface area contributed by atoms with Crippen molar-refractivity contribution in [2.45, 2.75) is 19.9 Å². The van der Waals surface area contributed by atoms with Crippen LogP contribution in [0, 0.1) is 6.92 Å². The zero-order chi connectivity index (χ0) is 24.7. The van der Waals surface area contributed by atoms with Gasteiger partial charge in [-0.1, -0.05) is 53.5 Å². The van der Waals surface area contributed by atoms with Crippen molar-refractivity contribution in [3.8, 4) is 0 Å². The Bertz CT molecular complexity index is 1400. The molecule has 1 N–H and O–H groups in total. The average molecular weight is 506 g/mol. The number of hydrogen-bond donors (Lipinski definition) is 1. The van der Waals surface area contributed by atoms with E-state index in [0.717, 1.165) is 22.4 Å². The third-order valence-electron chi connectivity index (χ3n) is 6.26. The van der Waals surface area contributed by atoms with Crippen LogP contribution in [0.15, 0.2) is 77.5 Å².